The molecule has 0 radical (unpaired) electrons. The second-order valence-electron chi connectivity index (χ2n) is 5.60. The van der Waals surface area contributed by atoms with Gasteiger partial charge in [-0.05, 0) is 38.6 Å². The Labute approximate surface area is 130 Å². The van der Waals surface area contributed by atoms with E-state index in [1.54, 1.807) is 11.3 Å². The molecule has 1 heterocycles. The van der Waals surface area contributed by atoms with E-state index in [9.17, 15) is 0 Å². The van der Waals surface area contributed by atoms with Crippen LogP contribution in [0.2, 0.25) is 0 Å². The summed E-state index contributed by atoms with van der Waals surface area (Å²) in [6.07, 6.45) is 0. The second-order valence-corrected chi connectivity index (χ2v) is 6.66. The van der Waals surface area contributed by atoms with Gasteiger partial charge in [-0.1, -0.05) is 42.0 Å². The van der Waals surface area contributed by atoms with Crippen molar-refractivity contribution in [3.05, 3.63) is 64.7 Å². The lowest BCUT2D eigenvalue weighted by atomic mass is 10.1. The lowest BCUT2D eigenvalue weighted by Crippen LogP contribution is -2.21. The van der Waals surface area contributed by atoms with Crippen LogP contribution in [-0.4, -0.2) is 16.9 Å². The highest BCUT2D eigenvalue weighted by Gasteiger charge is 2.16. The van der Waals surface area contributed by atoms with E-state index in [0.717, 1.165) is 12.1 Å². The highest BCUT2D eigenvalue weighted by atomic mass is 32.1. The Kier molecular flexibility index (Phi) is 4.04. The van der Waals surface area contributed by atoms with E-state index in [-0.39, 0.29) is 0 Å². The average Bonchev–Trinajstić information content (AvgIpc) is 2.90. The predicted molar refractivity (Wildman–Crippen MR) is 90.7 cm³/mol. The molecule has 0 aliphatic heterocycles. The second kappa shape index (κ2) is 5.96. The molecule has 0 amide bonds. The Morgan fingerprint density at radius 2 is 1.95 bits per heavy atom. The quantitative estimate of drug-likeness (QED) is 0.687. The van der Waals surface area contributed by atoms with Crippen LogP contribution in [0.3, 0.4) is 0 Å². The fourth-order valence-corrected chi connectivity index (χ4v) is 3.58. The highest BCUT2D eigenvalue weighted by molar-refractivity contribution is 7.18. The van der Waals surface area contributed by atoms with Gasteiger partial charge in [0.05, 0.1) is 16.3 Å². The van der Waals surface area contributed by atoms with Crippen molar-refractivity contribution in [2.75, 3.05) is 7.05 Å². The van der Waals surface area contributed by atoms with Gasteiger partial charge in [0, 0.05) is 6.54 Å². The SMILES string of the molecule is Cc1cccc(CN(C)C(C)c2nc3ccccc3s2)c1. The molecule has 0 fully saturated rings. The van der Waals surface area contributed by atoms with Crippen LogP contribution >= 0.6 is 11.3 Å². The third-order valence-electron chi connectivity index (χ3n) is 3.84. The van der Waals surface area contributed by atoms with Crippen molar-refractivity contribution in [3.63, 3.8) is 0 Å². The molecule has 3 heteroatoms. The van der Waals surface area contributed by atoms with Gasteiger partial charge in [-0.3, -0.25) is 4.90 Å². The zero-order valence-electron chi connectivity index (χ0n) is 12.7. The van der Waals surface area contributed by atoms with Crippen molar-refractivity contribution in [1.82, 2.24) is 9.88 Å². The molecule has 0 saturated carbocycles. The smallest absolute Gasteiger partial charge is 0.111 e. The van der Waals surface area contributed by atoms with Crippen molar-refractivity contribution in [2.45, 2.75) is 26.4 Å². The van der Waals surface area contributed by atoms with Crippen molar-refractivity contribution in [2.24, 2.45) is 0 Å². The fourth-order valence-electron chi connectivity index (χ4n) is 2.49. The molecule has 0 bridgehead atoms. The minimum absolute atomic E-state index is 0.322. The first-order valence-corrected chi connectivity index (χ1v) is 8.06. The highest BCUT2D eigenvalue weighted by Crippen LogP contribution is 2.29. The Hall–Kier alpha value is -1.71. The van der Waals surface area contributed by atoms with Crippen molar-refractivity contribution in [1.29, 1.82) is 0 Å². The van der Waals surface area contributed by atoms with Gasteiger partial charge in [0.1, 0.15) is 5.01 Å². The van der Waals surface area contributed by atoms with Gasteiger partial charge in [-0.2, -0.15) is 0 Å². The summed E-state index contributed by atoms with van der Waals surface area (Å²) in [7, 11) is 2.17. The first-order chi connectivity index (χ1) is 10.1. The number of benzene rings is 2. The lowest BCUT2D eigenvalue weighted by molar-refractivity contribution is 0.253. The largest absolute Gasteiger partial charge is 0.293 e. The molecule has 0 saturated heterocycles. The van der Waals surface area contributed by atoms with Crippen LogP contribution in [0.4, 0.5) is 0 Å². The first kappa shape index (κ1) is 14.2. The maximum absolute atomic E-state index is 4.77. The molecule has 21 heavy (non-hydrogen) atoms. The van der Waals surface area contributed by atoms with E-state index in [2.05, 4.69) is 68.3 Å². The third-order valence-corrected chi connectivity index (χ3v) is 5.05. The average molecular weight is 296 g/mol. The summed E-state index contributed by atoms with van der Waals surface area (Å²) < 4.78 is 1.27. The van der Waals surface area contributed by atoms with E-state index < -0.39 is 0 Å². The number of thiazole rings is 1. The van der Waals surface area contributed by atoms with Gasteiger partial charge in [0.2, 0.25) is 0 Å². The minimum Gasteiger partial charge on any atom is -0.293 e. The number of aryl methyl sites for hydroxylation is 1. The van der Waals surface area contributed by atoms with Gasteiger partial charge >= 0.3 is 0 Å². The zero-order chi connectivity index (χ0) is 14.8. The van der Waals surface area contributed by atoms with E-state index in [4.69, 9.17) is 4.98 Å². The number of hydrogen-bond acceptors (Lipinski definition) is 3. The van der Waals surface area contributed by atoms with Gasteiger partial charge in [-0.15, -0.1) is 11.3 Å². The molecule has 108 valence electrons. The summed E-state index contributed by atoms with van der Waals surface area (Å²) >= 11 is 1.79. The van der Waals surface area contributed by atoms with Crippen LogP contribution < -0.4 is 0 Å². The first-order valence-electron chi connectivity index (χ1n) is 7.25. The summed E-state index contributed by atoms with van der Waals surface area (Å²) in [5.74, 6) is 0. The maximum Gasteiger partial charge on any atom is 0.111 e. The van der Waals surface area contributed by atoms with Gasteiger partial charge in [0.25, 0.3) is 0 Å². The molecule has 1 unspecified atom stereocenters. The Balaban J connectivity index is 1.78. The number of nitrogens with zero attached hydrogens (tertiary/aromatic N) is 2. The van der Waals surface area contributed by atoms with E-state index >= 15 is 0 Å². The van der Waals surface area contributed by atoms with Crippen molar-refractivity contribution >= 4 is 21.6 Å². The van der Waals surface area contributed by atoms with E-state index in [1.807, 2.05) is 6.07 Å². The predicted octanol–water partition coefficient (Wildman–Crippen LogP) is 4.80. The summed E-state index contributed by atoms with van der Waals surface area (Å²) in [5, 5.41) is 1.19. The summed E-state index contributed by atoms with van der Waals surface area (Å²) in [6, 6.07) is 17.4. The molecule has 1 aromatic heterocycles. The molecule has 0 N–H and O–H groups in total. The molecule has 3 aromatic rings. The number of hydrogen-bond donors (Lipinski definition) is 0. The monoisotopic (exact) mass is 296 g/mol. The van der Waals surface area contributed by atoms with Crippen molar-refractivity contribution < 1.29 is 0 Å². The molecule has 2 aromatic carbocycles. The van der Waals surface area contributed by atoms with Crippen molar-refractivity contribution in [3.8, 4) is 0 Å². The van der Waals surface area contributed by atoms with Crippen LogP contribution in [0, 0.1) is 6.92 Å². The number of aromatic nitrogens is 1. The maximum atomic E-state index is 4.77. The number of rotatable bonds is 4. The Morgan fingerprint density at radius 3 is 2.71 bits per heavy atom. The van der Waals surface area contributed by atoms with Gasteiger partial charge in [0.15, 0.2) is 0 Å². The molecule has 0 spiro atoms. The van der Waals surface area contributed by atoms with Crippen LogP contribution in [0.15, 0.2) is 48.5 Å². The summed E-state index contributed by atoms with van der Waals surface area (Å²) in [5.41, 5.74) is 3.77. The molecular formula is C18H20N2S. The third kappa shape index (κ3) is 3.14. The fraction of sp³-hybridized carbons (Fsp3) is 0.278. The summed E-state index contributed by atoms with van der Waals surface area (Å²) in [4.78, 5) is 7.12. The van der Waals surface area contributed by atoms with Crippen LogP contribution in [0.5, 0.6) is 0 Å². The number of para-hydroxylation sites is 1. The molecule has 0 aliphatic carbocycles. The van der Waals surface area contributed by atoms with E-state index in [1.165, 1.54) is 20.8 Å². The molecule has 1 atom stereocenters. The van der Waals surface area contributed by atoms with Crippen LogP contribution in [0.25, 0.3) is 10.2 Å². The van der Waals surface area contributed by atoms with Crippen LogP contribution in [-0.2, 0) is 6.54 Å². The molecule has 2 nitrogen and oxygen atoms in total. The molecule has 0 aliphatic rings. The Morgan fingerprint density at radius 1 is 1.14 bits per heavy atom. The van der Waals surface area contributed by atoms with E-state index in [0.29, 0.717) is 6.04 Å². The molecular weight excluding hydrogens is 276 g/mol. The lowest BCUT2D eigenvalue weighted by Gasteiger charge is -2.23. The Bertz CT molecular complexity index is 715. The topological polar surface area (TPSA) is 16.1 Å². The molecule has 3 rings (SSSR count). The summed E-state index contributed by atoms with van der Waals surface area (Å²) in [6.45, 7) is 5.31. The normalized spacial score (nSPS) is 13.0. The van der Waals surface area contributed by atoms with Gasteiger partial charge < -0.3 is 0 Å². The van der Waals surface area contributed by atoms with Crippen LogP contribution in [0.1, 0.15) is 29.1 Å². The number of fused-ring (bicyclic) bond motifs is 1. The standard InChI is InChI=1S/C18H20N2S/c1-13-7-6-8-15(11-13)12-20(3)14(2)18-19-16-9-4-5-10-17(16)21-18/h4-11,14H,12H2,1-3H3. The minimum atomic E-state index is 0.322. The zero-order valence-corrected chi connectivity index (χ0v) is 13.5. The van der Waals surface area contributed by atoms with Gasteiger partial charge in [-0.25, -0.2) is 4.98 Å².